The second-order valence-corrected chi connectivity index (χ2v) is 16.8. The van der Waals surface area contributed by atoms with Gasteiger partial charge < -0.3 is 9.47 Å². The van der Waals surface area contributed by atoms with Crippen molar-refractivity contribution in [2.24, 2.45) is 0 Å². The first-order chi connectivity index (χ1) is 31.3. The molecule has 0 bridgehead atoms. The van der Waals surface area contributed by atoms with E-state index in [9.17, 15) is 0 Å². The Labute approximate surface area is 367 Å². The van der Waals surface area contributed by atoms with Crippen LogP contribution in [-0.4, -0.2) is 4.57 Å². The van der Waals surface area contributed by atoms with E-state index in [1.807, 2.05) is 0 Å². The molecule has 11 aromatic rings. The van der Waals surface area contributed by atoms with Crippen LogP contribution in [0.25, 0.3) is 72.0 Å². The van der Waals surface area contributed by atoms with Crippen LogP contribution in [0.3, 0.4) is 0 Å². The molecule has 1 heterocycles. The molecule has 2 heteroatoms. The summed E-state index contributed by atoms with van der Waals surface area (Å²) in [6, 6.07) is 89.4. The number of aromatic nitrogens is 1. The molecule has 0 radical (unpaired) electrons. The zero-order valence-electron chi connectivity index (χ0n) is 34.5. The Balaban J connectivity index is 1.01. The highest BCUT2D eigenvalue weighted by Crippen LogP contribution is 2.63. The molecule has 2 nitrogen and oxygen atoms in total. The standard InChI is InChI=1S/C61H40N2/c1-3-15-41(16-4-1)42-27-29-43(30-28-42)44-31-33-46(34-32-44)62(48-35-37-53-52-22-10-14-26-59(52)63(60(53)40-48)45-17-5-2-6-18-45)47-36-38-58-54(39-47)51-21-9-13-25-57(51)61(58)55-23-11-7-19-49(55)50-20-8-12-24-56(50)61/h1-40H. The van der Waals surface area contributed by atoms with Crippen molar-refractivity contribution in [3.05, 3.63) is 265 Å². The Morgan fingerprint density at radius 3 is 1.35 bits per heavy atom. The molecule has 13 rings (SSSR count). The largest absolute Gasteiger partial charge is 0.310 e. The summed E-state index contributed by atoms with van der Waals surface area (Å²) in [5, 5.41) is 2.48. The van der Waals surface area contributed by atoms with Crippen molar-refractivity contribution in [2.75, 3.05) is 4.90 Å². The lowest BCUT2D eigenvalue weighted by Gasteiger charge is -2.31. The van der Waals surface area contributed by atoms with Crippen molar-refractivity contribution in [3.8, 4) is 50.2 Å². The molecule has 1 spiro atoms. The maximum atomic E-state index is 2.44. The highest BCUT2D eigenvalue weighted by atomic mass is 15.1. The first-order valence-corrected chi connectivity index (χ1v) is 21.8. The summed E-state index contributed by atoms with van der Waals surface area (Å²) in [6.45, 7) is 0. The van der Waals surface area contributed by atoms with Crippen LogP contribution in [-0.2, 0) is 5.41 Å². The van der Waals surface area contributed by atoms with E-state index in [0.29, 0.717) is 0 Å². The maximum absolute atomic E-state index is 2.44. The summed E-state index contributed by atoms with van der Waals surface area (Å²) in [4.78, 5) is 2.44. The minimum Gasteiger partial charge on any atom is -0.310 e. The quantitative estimate of drug-likeness (QED) is 0.163. The number of para-hydroxylation sites is 2. The zero-order chi connectivity index (χ0) is 41.5. The van der Waals surface area contributed by atoms with Crippen LogP contribution in [0.1, 0.15) is 22.3 Å². The molecule has 2 aliphatic carbocycles. The summed E-state index contributed by atoms with van der Waals surface area (Å²) in [6.07, 6.45) is 0. The fraction of sp³-hybridized carbons (Fsp3) is 0.0164. The minimum absolute atomic E-state index is 0.393. The Morgan fingerprint density at radius 2 is 0.714 bits per heavy atom. The summed E-state index contributed by atoms with van der Waals surface area (Å²) >= 11 is 0. The van der Waals surface area contributed by atoms with E-state index in [2.05, 4.69) is 252 Å². The van der Waals surface area contributed by atoms with Crippen LogP contribution in [0.15, 0.2) is 243 Å². The van der Waals surface area contributed by atoms with Crippen molar-refractivity contribution in [1.82, 2.24) is 4.57 Å². The van der Waals surface area contributed by atoms with Gasteiger partial charge in [0.1, 0.15) is 0 Å². The van der Waals surface area contributed by atoms with Crippen LogP contribution >= 0.6 is 0 Å². The molecular formula is C61H40N2. The normalized spacial score (nSPS) is 12.9. The Bertz CT molecular complexity index is 3500. The molecule has 0 N–H and O–H groups in total. The van der Waals surface area contributed by atoms with Crippen molar-refractivity contribution < 1.29 is 0 Å². The van der Waals surface area contributed by atoms with Gasteiger partial charge in [0.25, 0.3) is 0 Å². The summed E-state index contributed by atoms with van der Waals surface area (Å²) in [5.74, 6) is 0. The summed E-state index contributed by atoms with van der Waals surface area (Å²) < 4.78 is 2.41. The summed E-state index contributed by atoms with van der Waals surface area (Å²) in [5.41, 5.74) is 21.8. The van der Waals surface area contributed by atoms with Gasteiger partial charge in [-0.1, -0.05) is 188 Å². The van der Waals surface area contributed by atoms with Crippen molar-refractivity contribution in [3.63, 3.8) is 0 Å². The Hall–Kier alpha value is -8.20. The Morgan fingerprint density at radius 1 is 0.286 bits per heavy atom. The van der Waals surface area contributed by atoms with Crippen molar-refractivity contribution >= 4 is 38.9 Å². The average Bonchev–Trinajstić information content (AvgIpc) is 3.96. The van der Waals surface area contributed by atoms with E-state index in [-0.39, 0.29) is 0 Å². The van der Waals surface area contributed by atoms with Crippen LogP contribution in [0.4, 0.5) is 17.1 Å². The van der Waals surface area contributed by atoms with Gasteiger partial charge in [0, 0.05) is 33.5 Å². The zero-order valence-corrected chi connectivity index (χ0v) is 34.5. The third kappa shape index (κ3) is 5.25. The molecule has 0 aliphatic heterocycles. The van der Waals surface area contributed by atoms with Gasteiger partial charge in [0.05, 0.1) is 16.4 Å². The van der Waals surface area contributed by atoms with Crippen LogP contribution in [0.2, 0.25) is 0 Å². The molecular weight excluding hydrogens is 761 g/mol. The topological polar surface area (TPSA) is 8.17 Å². The molecule has 0 saturated carbocycles. The van der Waals surface area contributed by atoms with E-state index in [0.717, 1.165) is 22.7 Å². The highest BCUT2D eigenvalue weighted by Gasteiger charge is 2.51. The first kappa shape index (κ1) is 35.5. The molecule has 2 aliphatic rings. The molecule has 1 aromatic heterocycles. The van der Waals surface area contributed by atoms with E-state index in [4.69, 9.17) is 0 Å². The van der Waals surface area contributed by atoms with Gasteiger partial charge >= 0.3 is 0 Å². The van der Waals surface area contributed by atoms with Gasteiger partial charge in [0.2, 0.25) is 0 Å². The lowest BCUT2D eigenvalue weighted by atomic mass is 9.70. The van der Waals surface area contributed by atoms with E-state index in [1.165, 1.54) is 88.6 Å². The van der Waals surface area contributed by atoms with Crippen molar-refractivity contribution in [2.45, 2.75) is 5.41 Å². The van der Waals surface area contributed by atoms with E-state index < -0.39 is 5.41 Å². The van der Waals surface area contributed by atoms with Gasteiger partial charge in [0.15, 0.2) is 0 Å². The fourth-order valence-electron chi connectivity index (χ4n) is 10.9. The number of rotatable bonds is 6. The monoisotopic (exact) mass is 800 g/mol. The minimum atomic E-state index is -0.393. The molecule has 0 unspecified atom stereocenters. The van der Waals surface area contributed by atoms with Crippen molar-refractivity contribution in [1.29, 1.82) is 0 Å². The average molecular weight is 801 g/mol. The number of hydrogen-bond donors (Lipinski definition) is 0. The first-order valence-electron chi connectivity index (χ1n) is 21.8. The predicted molar refractivity (Wildman–Crippen MR) is 263 cm³/mol. The molecule has 0 amide bonds. The van der Waals surface area contributed by atoms with E-state index in [1.54, 1.807) is 0 Å². The lowest BCUT2D eigenvalue weighted by Crippen LogP contribution is -2.25. The highest BCUT2D eigenvalue weighted by molar-refractivity contribution is 6.10. The third-order valence-corrected chi connectivity index (χ3v) is 13.6. The number of fused-ring (bicyclic) bond motifs is 13. The lowest BCUT2D eigenvalue weighted by molar-refractivity contribution is 0.794. The molecule has 63 heavy (non-hydrogen) atoms. The van der Waals surface area contributed by atoms with Crippen LogP contribution in [0, 0.1) is 0 Å². The molecule has 294 valence electrons. The maximum Gasteiger partial charge on any atom is 0.0725 e. The molecule has 0 fully saturated rings. The Kier molecular flexibility index (Phi) is 7.85. The van der Waals surface area contributed by atoms with E-state index >= 15 is 0 Å². The fourth-order valence-corrected chi connectivity index (χ4v) is 10.9. The predicted octanol–water partition coefficient (Wildman–Crippen LogP) is 15.9. The second-order valence-electron chi connectivity index (χ2n) is 16.8. The number of hydrogen-bond acceptors (Lipinski definition) is 1. The molecule has 0 atom stereocenters. The van der Waals surface area contributed by atoms with Gasteiger partial charge in [-0.25, -0.2) is 0 Å². The number of anilines is 3. The van der Waals surface area contributed by atoms with Crippen LogP contribution < -0.4 is 4.90 Å². The van der Waals surface area contributed by atoms with Gasteiger partial charge in [-0.05, 0) is 121 Å². The second kappa shape index (κ2) is 13.9. The van der Waals surface area contributed by atoms with Gasteiger partial charge in [-0.15, -0.1) is 0 Å². The van der Waals surface area contributed by atoms with Gasteiger partial charge in [-0.3, -0.25) is 0 Å². The smallest absolute Gasteiger partial charge is 0.0725 e. The molecule has 10 aromatic carbocycles. The molecule has 0 saturated heterocycles. The number of benzene rings is 10. The SMILES string of the molecule is c1ccc(-c2ccc(-c3ccc(N(c4ccc5c(c4)-c4ccccc4C54c5ccccc5-c5ccccc54)c4ccc5c6ccccc6n(-c6ccccc6)c5c4)cc3)cc2)cc1. The van der Waals surface area contributed by atoms with Crippen LogP contribution in [0.5, 0.6) is 0 Å². The summed E-state index contributed by atoms with van der Waals surface area (Å²) in [7, 11) is 0. The third-order valence-electron chi connectivity index (χ3n) is 13.6. The van der Waals surface area contributed by atoms with Gasteiger partial charge in [-0.2, -0.15) is 0 Å². The number of nitrogens with zero attached hydrogens (tertiary/aromatic N) is 2.